The highest BCUT2D eigenvalue weighted by Crippen LogP contribution is 2.22. The van der Waals surface area contributed by atoms with Gasteiger partial charge in [-0.3, -0.25) is 0 Å². The fourth-order valence-electron chi connectivity index (χ4n) is 1.76. The molecule has 10 heteroatoms. The minimum atomic E-state index is -4.13. The number of nitrogens with zero attached hydrogens (tertiary/aromatic N) is 4. The van der Waals surface area contributed by atoms with Crippen LogP contribution in [0.2, 0.25) is 10.4 Å². The van der Waals surface area contributed by atoms with E-state index in [1.54, 1.807) is 24.3 Å². The van der Waals surface area contributed by atoms with E-state index in [0.29, 0.717) is 5.56 Å². The van der Waals surface area contributed by atoms with Gasteiger partial charge in [-0.25, -0.2) is 14.2 Å². The van der Waals surface area contributed by atoms with E-state index in [1.165, 1.54) is 0 Å². The molecule has 0 N–H and O–H groups in total. The summed E-state index contributed by atoms with van der Waals surface area (Å²) in [5, 5.41) is -0.218. The zero-order valence-corrected chi connectivity index (χ0v) is 13.2. The second kappa shape index (κ2) is 5.81. The van der Waals surface area contributed by atoms with Gasteiger partial charge >= 0.3 is 10.3 Å². The van der Waals surface area contributed by atoms with Crippen LogP contribution in [-0.4, -0.2) is 27.3 Å². The molecular weight excluding hydrogens is 351 g/mol. The minimum absolute atomic E-state index is 0.0352. The quantitative estimate of drug-likeness (QED) is 0.525. The molecule has 0 bridgehead atoms. The van der Waals surface area contributed by atoms with Crippen molar-refractivity contribution in [2.45, 2.75) is 6.61 Å². The van der Waals surface area contributed by atoms with Crippen molar-refractivity contribution in [3.63, 3.8) is 0 Å². The molecule has 2 aromatic heterocycles. The molecule has 0 unspecified atom stereocenters. The van der Waals surface area contributed by atoms with Crippen LogP contribution >= 0.6 is 23.2 Å². The fourth-order valence-corrected chi connectivity index (χ4v) is 3.08. The van der Waals surface area contributed by atoms with Crippen LogP contribution < -0.4 is 0 Å². The van der Waals surface area contributed by atoms with Gasteiger partial charge in [0.1, 0.15) is 11.8 Å². The third-order valence-corrected chi connectivity index (χ3v) is 4.35. The maximum atomic E-state index is 12.3. The van der Waals surface area contributed by atoms with Crippen molar-refractivity contribution >= 4 is 44.7 Å². The van der Waals surface area contributed by atoms with Crippen LogP contribution in [0.4, 0.5) is 0 Å². The summed E-state index contributed by atoms with van der Waals surface area (Å²) >= 11 is 11.5. The number of imidazole rings is 1. The summed E-state index contributed by atoms with van der Waals surface area (Å²) in [6.07, 6.45) is 1.04. The molecule has 22 heavy (non-hydrogen) atoms. The molecule has 0 aliphatic rings. The average Bonchev–Trinajstić information content (AvgIpc) is 2.91. The Morgan fingerprint density at radius 3 is 2.59 bits per heavy atom. The number of halogens is 2. The van der Waals surface area contributed by atoms with Crippen molar-refractivity contribution in [1.82, 2.24) is 18.9 Å². The zero-order chi connectivity index (χ0) is 15.7. The van der Waals surface area contributed by atoms with Crippen molar-refractivity contribution < 1.29 is 12.6 Å². The predicted molar refractivity (Wildman–Crippen MR) is 80.9 cm³/mol. The van der Waals surface area contributed by atoms with Crippen LogP contribution in [0.3, 0.4) is 0 Å². The van der Waals surface area contributed by atoms with Crippen molar-refractivity contribution in [3.05, 3.63) is 52.7 Å². The van der Waals surface area contributed by atoms with E-state index < -0.39 is 10.3 Å². The maximum absolute atomic E-state index is 12.3. The lowest BCUT2D eigenvalue weighted by atomic mass is 10.2. The molecule has 2 heterocycles. The largest absolute Gasteiger partial charge is 0.369 e. The summed E-state index contributed by atoms with van der Waals surface area (Å²) in [5.74, 6) is 0. The van der Waals surface area contributed by atoms with E-state index in [-0.39, 0.29) is 28.2 Å². The third kappa shape index (κ3) is 2.91. The number of benzene rings is 1. The molecule has 0 amide bonds. The lowest BCUT2D eigenvalue weighted by molar-refractivity contribution is 0.303. The number of fused-ring (bicyclic) bond motifs is 1. The van der Waals surface area contributed by atoms with Gasteiger partial charge in [-0.15, -0.1) is 0 Å². The first kappa shape index (κ1) is 15.2. The zero-order valence-electron chi connectivity index (χ0n) is 10.8. The molecular formula is C12H8Cl2N4O3S. The summed E-state index contributed by atoms with van der Waals surface area (Å²) in [6, 6.07) is 8.88. The molecule has 0 spiro atoms. The smallest absolute Gasteiger partial charge is 0.248 e. The Kier molecular flexibility index (Phi) is 4.00. The molecule has 0 aliphatic carbocycles. The van der Waals surface area contributed by atoms with Crippen LogP contribution in [0, 0.1) is 0 Å². The van der Waals surface area contributed by atoms with Gasteiger partial charge < -0.3 is 0 Å². The average molecular weight is 359 g/mol. The van der Waals surface area contributed by atoms with Crippen LogP contribution in [0.1, 0.15) is 5.56 Å². The maximum Gasteiger partial charge on any atom is 0.369 e. The summed E-state index contributed by atoms with van der Waals surface area (Å²) in [7, 11) is -4.13. The topological polar surface area (TPSA) is 87.0 Å². The Hall–Kier alpha value is -1.74. The molecule has 0 saturated carbocycles. The second-order valence-electron chi connectivity index (χ2n) is 4.20. The van der Waals surface area contributed by atoms with E-state index in [4.69, 9.17) is 27.4 Å². The van der Waals surface area contributed by atoms with E-state index in [1.807, 2.05) is 6.07 Å². The lowest BCUT2D eigenvalue weighted by Gasteiger charge is -2.06. The molecule has 0 radical (unpaired) electrons. The fraction of sp³-hybridized carbons (Fsp3) is 0.0833. The summed E-state index contributed by atoms with van der Waals surface area (Å²) in [5.41, 5.74) is 0.789. The van der Waals surface area contributed by atoms with Crippen molar-refractivity contribution in [2.75, 3.05) is 0 Å². The highest BCUT2D eigenvalue weighted by Gasteiger charge is 2.21. The molecule has 1 aromatic carbocycles. The summed E-state index contributed by atoms with van der Waals surface area (Å²) < 4.78 is 30.3. The number of aromatic nitrogens is 4. The Morgan fingerprint density at radius 2 is 1.86 bits per heavy atom. The molecule has 0 aliphatic heterocycles. The number of hydrogen-bond donors (Lipinski definition) is 0. The number of hydrogen-bond acceptors (Lipinski definition) is 6. The third-order valence-electron chi connectivity index (χ3n) is 2.75. The molecule has 7 nitrogen and oxygen atoms in total. The standard InChI is InChI=1S/C12H8Cl2N4O3S/c13-10-9-11(17-12(14)16-10)18(7-15-9)22(19,20)21-6-8-4-2-1-3-5-8/h1-5,7H,6H2. The Balaban J connectivity index is 1.96. The van der Waals surface area contributed by atoms with Crippen molar-refractivity contribution in [1.29, 1.82) is 0 Å². The van der Waals surface area contributed by atoms with Crippen molar-refractivity contribution in [2.24, 2.45) is 0 Å². The summed E-state index contributed by atoms with van der Waals surface area (Å²) in [4.78, 5) is 11.4. The molecule has 0 saturated heterocycles. The first-order valence-corrected chi connectivity index (χ1v) is 8.09. The molecule has 0 atom stereocenters. The van der Waals surface area contributed by atoms with Gasteiger partial charge in [0, 0.05) is 0 Å². The van der Waals surface area contributed by atoms with Gasteiger partial charge in [-0.1, -0.05) is 41.9 Å². The van der Waals surface area contributed by atoms with Gasteiger partial charge in [-0.2, -0.15) is 17.4 Å². The van der Waals surface area contributed by atoms with Gasteiger partial charge in [-0.05, 0) is 17.2 Å². The van der Waals surface area contributed by atoms with Crippen molar-refractivity contribution in [3.8, 4) is 0 Å². The number of rotatable bonds is 4. The van der Waals surface area contributed by atoms with Crippen LogP contribution in [0.15, 0.2) is 36.7 Å². The van der Waals surface area contributed by atoms with Gasteiger partial charge in [0.2, 0.25) is 5.28 Å². The van der Waals surface area contributed by atoms with E-state index in [9.17, 15) is 8.42 Å². The highest BCUT2D eigenvalue weighted by atomic mass is 35.5. The van der Waals surface area contributed by atoms with E-state index in [0.717, 1.165) is 10.3 Å². The van der Waals surface area contributed by atoms with Crippen LogP contribution in [-0.2, 0) is 21.1 Å². The molecule has 0 fully saturated rings. The predicted octanol–water partition coefficient (Wildman–Crippen LogP) is 2.44. The highest BCUT2D eigenvalue weighted by molar-refractivity contribution is 7.85. The van der Waals surface area contributed by atoms with Gasteiger partial charge in [0.05, 0.1) is 6.61 Å². The lowest BCUT2D eigenvalue weighted by Crippen LogP contribution is -2.15. The second-order valence-corrected chi connectivity index (χ2v) is 6.38. The first-order chi connectivity index (χ1) is 10.5. The van der Waals surface area contributed by atoms with Crippen LogP contribution in [0.25, 0.3) is 11.2 Å². The first-order valence-electron chi connectivity index (χ1n) is 5.97. The Morgan fingerprint density at radius 1 is 1.14 bits per heavy atom. The monoisotopic (exact) mass is 358 g/mol. The van der Waals surface area contributed by atoms with E-state index >= 15 is 0 Å². The normalized spacial score (nSPS) is 11.9. The van der Waals surface area contributed by atoms with E-state index in [2.05, 4.69) is 15.0 Å². The molecule has 114 valence electrons. The minimum Gasteiger partial charge on any atom is -0.248 e. The molecule has 3 aromatic rings. The van der Waals surface area contributed by atoms with Crippen LogP contribution in [0.5, 0.6) is 0 Å². The van der Waals surface area contributed by atoms with Gasteiger partial charge in [0.25, 0.3) is 0 Å². The van der Waals surface area contributed by atoms with Gasteiger partial charge in [0.15, 0.2) is 10.8 Å². The summed E-state index contributed by atoms with van der Waals surface area (Å²) in [6.45, 7) is -0.116. The Bertz CT molecular complexity index is 928. The SMILES string of the molecule is O=S(=O)(OCc1ccccc1)n1cnc2c(Cl)nc(Cl)nc21. The molecule has 3 rings (SSSR count). The Labute approximate surface area is 135 Å².